The van der Waals surface area contributed by atoms with Crippen molar-refractivity contribution >= 4 is 34.4 Å². The predicted octanol–water partition coefficient (Wildman–Crippen LogP) is 3.11. The first-order valence-electron chi connectivity index (χ1n) is 7.81. The molecule has 0 aliphatic heterocycles. The molecule has 3 aromatic carbocycles. The van der Waals surface area contributed by atoms with Gasteiger partial charge in [-0.1, -0.05) is 41.5 Å². The molecule has 0 unspecified atom stereocenters. The largest absolute Gasteiger partial charge is 0.399 e. The van der Waals surface area contributed by atoms with Gasteiger partial charge in [-0.05, 0) is 50.2 Å². The maximum Gasteiger partial charge on any atom is 0.171 e. The van der Waals surface area contributed by atoms with Crippen molar-refractivity contribution in [2.24, 2.45) is 0 Å². The van der Waals surface area contributed by atoms with E-state index in [1.165, 1.54) is 0 Å². The molecule has 0 bridgehead atoms. The van der Waals surface area contributed by atoms with E-state index in [1.54, 1.807) is 24.3 Å². The molecular formula is C20H21N2OP. The van der Waals surface area contributed by atoms with Gasteiger partial charge in [-0.15, -0.1) is 0 Å². The number of benzene rings is 3. The predicted molar refractivity (Wildman–Crippen MR) is 104 cm³/mol. The molecule has 0 amide bonds. The van der Waals surface area contributed by atoms with Crippen LogP contribution in [-0.2, 0) is 4.57 Å². The number of rotatable bonds is 3. The lowest BCUT2D eigenvalue weighted by molar-refractivity contribution is 0.592. The van der Waals surface area contributed by atoms with Crippen LogP contribution < -0.4 is 27.4 Å². The van der Waals surface area contributed by atoms with Crippen LogP contribution in [0.5, 0.6) is 0 Å². The van der Waals surface area contributed by atoms with Crippen LogP contribution in [-0.4, -0.2) is 0 Å². The van der Waals surface area contributed by atoms with E-state index in [9.17, 15) is 4.57 Å². The van der Waals surface area contributed by atoms with Crippen LogP contribution in [0.2, 0.25) is 0 Å². The van der Waals surface area contributed by atoms with Crippen molar-refractivity contribution in [3.05, 3.63) is 77.9 Å². The molecule has 0 saturated heterocycles. The van der Waals surface area contributed by atoms with E-state index < -0.39 is 7.14 Å². The molecule has 0 aliphatic carbocycles. The quantitative estimate of drug-likeness (QED) is 0.570. The molecule has 3 nitrogen and oxygen atoms in total. The molecule has 0 heterocycles. The van der Waals surface area contributed by atoms with E-state index in [0.717, 1.165) is 27.0 Å². The van der Waals surface area contributed by atoms with E-state index in [-0.39, 0.29) is 0 Å². The van der Waals surface area contributed by atoms with Gasteiger partial charge >= 0.3 is 0 Å². The lowest BCUT2D eigenvalue weighted by Gasteiger charge is -2.21. The molecule has 0 atom stereocenters. The summed E-state index contributed by atoms with van der Waals surface area (Å²) in [7, 11) is -3.04. The highest BCUT2D eigenvalue weighted by molar-refractivity contribution is 7.85. The summed E-state index contributed by atoms with van der Waals surface area (Å²) in [5.41, 5.74) is 15.3. The van der Waals surface area contributed by atoms with Gasteiger partial charge in [0.15, 0.2) is 7.14 Å². The third-order valence-corrected chi connectivity index (χ3v) is 7.03. The first kappa shape index (κ1) is 16.4. The fraction of sp³-hybridized carbons (Fsp3) is 0.100. The van der Waals surface area contributed by atoms with Crippen molar-refractivity contribution < 1.29 is 4.57 Å². The highest BCUT2D eigenvalue weighted by Gasteiger charge is 2.30. The van der Waals surface area contributed by atoms with Crippen LogP contribution >= 0.6 is 7.14 Å². The highest BCUT2D eigenvalue weighted by atomic mass is 31.2. The van der Waals surface area contributed by atoms with Gasteiger partial charge in [0.05, 0.1) is 0 Å². The van der Waals surface area contributed by atoms with E-state index in [2.05, 4.69) is 6.07 Å². The first-order valence-corrected chi connectivity index (χ1v) is 9.51. The maximum atomic E-state index is 14.3. The third-order valence-electron chi connectivity index (χ3n) is 4.04. The minimum atomic E-state index is -3.04. The molecule has 0 fully saturated rings. The normalized spacial score (nSPS) is 11.4. The summed E-state index contributed by atoms with van der Waals surface area (Å²) < 4.78 is 14.3. The zero-order valence-corrected chi connectivity index (χ0v) is 14.8. The number of aryl methyl sites for hydroxylation is 2. The average Bonchev–Trinajstić information content (AvgIpc) is 2.53. The molecule has 4 N–H and O–H groups in total. The smallest absolute Gasteiger partial charge is 0.171 e. The van der Waals surface area contributed by atoms with E-state index in [1.807, 2.05) is 50.2 Å². The number of nitrogens with two attached hydrogens (primary N) is 2. The molecular weight excluding hydrogens is 315 g/mol. The van der Waals surface area contributed by atoms with Gasteiger partial charge in [0.2, 0.25) is 0 Å². The Hall–Kier alpha value is -2.51. The zero-order valence-electron chi connectivity index (χ0n) is 13.9. The first-order chi connectivity index (χ1) is 11.4. The second kappa shape index (κ2) is 6.18. The molecule has 3 rings (SSSR count). The molecule has 0 spiro atoms. The van der Waals surface area contributed by atoms with Crippen molar-refractivity contribution in [1.82, 2.24) is 0 Å². The minimum absolute atomic E-state index is 0.598. The van der Waals surface area contributed by atoms with Gasteiger partial charge in [-0.25, -0.2) is 0 Å². The Morgan fingerprint density at radius 3 is 1.54 bits per heavy atom. The van der Waals surface area contributed by atoms with Crippen molar-refractivity contribution in [1.29, 1.82) is 0 Å². The van der Waals surface area contributed by atoms with Gasteiger partial charge in [-0.2, -0.15) is 0 Å². The summed E-state index contributed by atoms with van der Waals surface area (Å²) in [4.78, 5) is 0. The second-order valence-corrected chi connectivity index (χ2v) is 8.91. The second-order valence-electron chi connectivity index (χ2n) is 6.15. The van der Waals surface area contributed by atoms with Crippen LogP contribution in [0.4, 0.5) is 11.4 Å². The Kier molecular flexibility index (Phi) is 4.21. The van der Waals surface area contributed by atoms with Crippen molar-refractivity contribution in [3.8, 4) is 0 Å². The van der Waals surface area contributed by atoms with Crippen LogP contribution in [0.3, 0.4) is 0 Å². The Bertz CT molecular complexity index is 880. The van der Waals surface area contributed by atoms with Gasteiger partial charge in [-0.3, -0.25) is 0 Å². The monoisotopic (exact) mass is 336 g/mol. The fourth-order valence-corrected chi connectivity index (χ4v) is 5.94. The molecule has 3 aromatic rings. The van der Waals surface area contributed by atoms with Crippen LogP contribution in [0.15, 0.2) is 66.7 Å². The SMILES string of the molecule is Cc1cc(C)cc(P(=O)(c2cccc(N)c2)c2cccc(N)c2)c1. The molecule has 0 saturated carbocycles. The Labute approximate surface area is 142 Å². The number of hydrogen-bond donors (Lipinski definition) is 2. The standard InChI is InChI=1S/C20H21N2OP/c1-14-9-15(2)11-20(10-14)24(23,18-7-3-5-16(21)12-18)19-8-4-6-17(22)13-19/h3-13H,21-22H2,1-2H3. The van der Waals surface area contributed by atoms with Crippen LogP contribution in [0.1, 0.15) is 11.1 Å². The van der Waals surface area contributed by atoms with Gasteiger partial charge in [0.25, 0.3) is 0 Å². The van der Waals surface area contributed by atoms with Crippen molar-refractivity contribution in [2.45, 2.75) is 13.8 Å². The van der Waals surface area contributed by atoms with Crippen molar-refractivity contribution in [3.63, 3.8) is 0 Å². The van der Waals surface area contributed by atoms with E-state index in [0.29, 0.717) is 11.4 Å². The number of anilines is 2. The Morgan fingerprint density at radius 2 is 1.12 bits per heavy atom. The molecule has 122 valence electrons. The van der Waals surface area contributed by atoms with Crippen LogP contribution in [0.25, 0.3) is 0 Å². The molecule has 0 aromatic heterocycles. The minimum Gasteiger partial charge on any atom is -0.399 e. The van der Waals surface area contributed by atoms with Crippen molar-refractivity contribution in [2.75, 3.05) is 11.5 Å². The molecule has 0 radical (unpaired) electrons. The lowest BCUT2D eigenvalue weighted by atomic mass is 10.2. The molecule has 0 aliphatic rings. The summed E-state index contributed by atoms with van der Waals surface area (Å²) in [6, 6.07) is 20.7. The van der Waals surface area contributed by atoms with Gasteiger partial charge in [0.1, 0.15) is 0 Å². The Balaban J connectivity index is 2.34. The number of hydrogen-bond acceptors (Lipinski definition) is 3. The summed E-state index contributed by atoms with van der Waals surface area (Å²) in [5.74, 6) is 0. The Morgan fingerprint density at radius 1 is 0.667 bits per heavy atom. The van der Waals surface area contributed by atoms with Crippen LogP contribution in [0, 0.1) is 13.8 Å². The fourth-order valence-electron chi connectivity index (χ4n) is 3.02. The highest BCUT2D eigenvalue weighted by Crippen LogP contribution is 2.43. The topological polar surface area (TPSA) is 69.1 Å². The molecule has 24 heavy (non-hydrogen) atoms. The third kappa shape index (κ3) is 2.95. The zero-order chi connectivity index (χ0) is 17.3. The van der Waals surface area contributed by atoms with Gasteiger partial charge < -0.3 is 16.0 Å². The average molecular weight is 336 g/mol. The lowest BCUT2D eigenvalue weighted by Crippen LogP contribution is -2.26. The summed E-state index contributed by atoms with van der Waals surface area (Å²) in [5, 5.41) is 2.24. The van der Waals surface area contributed by atoms with Gasteiger partial charge in [0, 0.05) is 27.3 Å². The number of nitrogen functional groups attached to an aromatic ring is 2. The van der Waals surface area contributed by atoms with E-state index >= 15 is 0 Å². The van der Waals surface area contributed by atoms with E-state index in [4.69, 9.17) is 11.5 Å². The maximum absolute atomic E-state index is 14.3. The summed E-state index contributed by atoms with van der Waals surface area (Å²) >= 11 is 0. The summed E-state index contributed by atoms with van der Waals surface area (Å²) in [6.45, 7) is 4.03. The molecule has 4 heteroatoms. The summed E-state index contributed by atoms with van der Waals surface area (Å²) in [6.07, 6.45) is 0.